The van der Waals surface area contributed by atoms with Gasteiger partial charge in [0.15, 0.2) is 0 Å². The van der Waals surface area contributed by atoms with E-state index in [1.165, 1.54) is 5.56 Å². The van der Waals surface area contributed by atoms with Crippen LogP contribution in [0.3, 0.4) is 0 Å². The van der Waals surface area contributed by atoms with Crippen LogP contribution < -0.4 is 5.32 Å². The van der Waals surface area contributed by atoms with Gasteiger partial charge in [-0.1, -0.05) is 29.8 Å². The van der Waals surface area contributed by atoms with Crippen LogP contribution in [-0.2, 0) is 11.3 Å². The van der Waals surface area contributed by atoms with Crippen molar-refractivity contribution in [3.8, 4) is 0 Å². The topological polar surface area (TPSA) is 78.4 Å². The Bertz CT molecular complexity index is 800. The molecule has 0 aliphatic carbocycles. The highest BCUT2D eigenvalue weighted by atomic mass is 16.2. The van der Waals surface area contributed by atoms with E-state index in [-0.39, 0.29) is 5.91 Å². The summed E-state index contributed by atoms with van der Waals surface area (Å²) in [5, 5.41) is 3.20. The lowest BCUT2D eigenvalue weighted by Crippen LogP contribution is -2.48. The molecular formula is C19H23N5O2. The van der Waals surface area contributed by atoms with Crippen molar-refractivity contribution in [2.75, 3.05) is 31.5 Å². The maximum absolute atomic E-state index is 12.7. The fourth-order valence-corrected chi connectivity index (χ4v) is 2.95. The summed E-state index contributed by atoms with van der Waals surface area (Å²) in [5.74, 6) is 0.320. The zero-order valence-corrected chi connectivity index (χ0v) is 15.1. The van der Waals surface area contributed by atoms with Gasteiger partial charge in [-0.2, -0.15) is 0 Å². The van der Waals surface area contributed by atoms with E-state index in [2.05, 4.69) is 21.4 Å². The van der Waals surface area contributed by atoms with E-state index in [0.717, 1.165) is 17.7 Å². The molecule has 0 spiro atoms. The minimum absolute atomic E-state index is 0.125. The first kappa shape index (κ1) is 17.8. The molecule has 7 heteroatoms. The van der Waals surface area contributed by atoms with Gasteiger partial charge in [-0.05, 0) is 25.5 Å². The van der Waals surface area contributed by atoms with Crippen molar-refractivity contribution in [1.29, 1.82) is 0 Å². The number of rotatable bonds is 5. The molecule has 2 aromatic rings. The first-order chi connectivity index (χ1) is 12.5. The number of carbonyl (C=O) groups excluding carboxylic acids is 2. The molecular weight excluding hydrogens is 330 g/mol. The second-order valence-electron chi connectivity index (χ2n) is 6.49. The van der Waals surface area contributed by atoms with Crippen LogP contribution in [0.1, 0.15) is 27.3 Å². The van der Waals surface area contributed by atoms with Crippen LogP contribution in [0.25, 0.3) is 0 Å². The largest absolute Gasteiger partial charge is 0.350 e. The molecule has 136 valence electrons. The van der Waals surface area contributed by atoms with Gasteiger partial charge in [0.1, 0.15) is 5.69 Å². The molecule has 1 saturated heterocycles. The number of anilines is 1. The number of hydrogen-bond acceptors (Lipinski definition) is 5. The molecule has 1 aromatic heterocycles. The van der Waals surface area contributed by atoms with Gasteiger partial charge >= 0.3 is 0 Å². The zero-order chi connectivity index (χ0) is 18.5. The van der Waals surface area contributed by atoms with E-state index in [9.17, 15) is 9.59 Å². The first-order valence-electron chi connectivity index (χ1n) is 8.69. The summed E-state index contributed by atoms with van der Waals surface area (Å²) in [6.45, 7) is 6.64. The Kier molecular flexibility index (Phi) is 5.46. The molecule has 26 heavy (non-hydrogen) atoms. The van der Waals surface area contributed by atoms with Crippen LogP contribution >= 0.6 is 0 Å². The van der Waals surface area contributed by atoms with Gasteiger partial charge in [-0.15, -0.1) is 0 Å². The van der Waals surface area contributed by atoms with E-state index in [4.69, 9.17) is 0 Å². The van der Waals surface area contributed by atoms with Gasteiger partial charge in [0.2, 0.25) is 12.4 Å². The molecule has 2 amide bonds. The Morgan fingerprint density at radius 3 is 2.62 bits per heavy atom. The smallest absolute Gasteiger partial charge is 0.272 e. The van der Waals surface area contributed by atoms with Crippen LogP contribution in [0.2, 0.25) is 0 Å². The number of amides is 2. The molecule has 2 heterocycles. The second-order valence-corrected chi connectivity index (χ2v) is 6.49. The van der Waals surface area contributed by atoms with Crippen LogP contribution in [-0.4, -0.2) is 58.3 Å². The minimum Gasteiger partial charge on any atom is -0.350 e. The van der Waals surface area contributed by atoms with Crippen molar-refractivity contribution < 1.29 is 9.59 Å². The number of hydrogen-bond donors (Lipinski definition) is 1. The van der Waals surface area contributed by atoms with Crippen LogP contribution in [0.4, 0.5) is 5.95 Å². The molecule has 7 nitrogen and oxygen atoms in total. The van der Waals surface area contributed by atoms with E-state index >= 15 is 0 Å². The SMILES string of the molecule is Cc1cccc(CNc2nc(C)cc(C(=O)N3CCN(C=O)CC3)n2)c1. The van der Waals surface area contributed by atoms with Gasteiger partial charge in [0, 0.05) is 38.4 Å². The third-order valence-electron chi connectivity index (χ3n) is 4.36. The monoisotopic (exact) mass is 353 g/mol. The lowest BCUT2D eigenvalue weighted by Gasteiger charge is -2.32. The molecule has 1 N–H and O–H groups in total. The van der Waals surface area contributed by atoms with Crippen molar-refractivity contribution in [3.05, 3.63) is 52.8 Å². The third-order valence-corrected chi connectivity index (χ3v) is 4.36. The van der Waals surface area contributed by atoms with Gasteiger partial charge in [-0.3, -0.25) is 9.59 Å². The molecule has 1 fully saturated rings. The Balaban J connectivity index is 1.69. The van der Waals surface area contributed by atoms with E-state index in [0.29, 0.717) is 44.4 Å². The summed E-state index contributed by atoms with van der Waals surface area (Å²) in [7, 11) is 0. The maximum atomic E-state index is 12.7. The first-order valence-corrected chi connectivity index (χ1v) is 8.69. The van der Waals surface area contributed by atoms with Crippen LogP contribution in [0.15, 0.2) is 30.3 Å². The standard InChI is InChI=1S/C19H23N5O2/c1-14-4-3-5-16(10-14)12-20-19-21-15(2)11-17(22-19)18(26)24-8-6-23(13-25)7-9-24/h3-5,10-11,13H,6-9,12H2,1-2H3,(H,20,21,22). The average Bonchev–Trinajstić information content (AvgIpc) is 2.65. The van der Waals surface area contributed by atoms with Crippen molar-refractivity contribution in [3.63, 3.8) is 0 Å². The number of aromatic nitrogens is 2. The molecule has 0 radical (unpaired) electrons. The van der Waals surface area contributed by atoms with Gasteiger partial charge in [0.05, 0.1) is 0 Å². The number of carbonyl (C=O) groups is 2. The van der Waals surface area contributed by atoms with Gasteiger partial charge in [-0.25, -0.2) is 9.97 Å². The molecule has 0 atom stereocenters. The molecule has 1 aliphatic heterocycles. The second kappa shape index (κ2) is 7.95. The number of aryl methyl sites for hydroxylation is 2. The zero-order valence-electron chi connectivity index (χ0n) is 15.1. The molecule has 1 aliphatic rings. The number of nitrogens with one attached hydrogen (secondary N) is 1. The maximum Gasteiger partial charge on any atom is 0.272 e. The summed E-state index contributed by atoms with van der Waals surface area (Å²) >= 11 is 0. The summed E-state index contributed by atoms with van der Waals surface area (Å²) in [4.78, 5) is 35.7. The number of piperazine rings is 1. The molecule has 0 bridgehead atoms. The van der Waals surface area contributed by atoms with Gasteiger partial charge < -0.3 is 15.1 Å². The highest BCUT2D eigenvalue weighted by molar-refractivity contribution is 5.92. The summed E-state index contributed by atoms with van der Waals surface area (Å²) in [6.07, 6.45) is 0.823. The predicted molar refractivity (Wildman–Crippen MR) is 98.8 cm³/mol. The third kappa shape index (κ3) is 4.36. The van der Waals surface area contributed by atoms with Crippen molar-refractivity contribution in [1.82, 2.24) is 19.8 Å². The van der Waals surface area contributed by atoms with Crippen LogP contribution in [0.5, 0.6) is 0 Å². The Morgan fingerprint density at radius 1 is 1.15 bits per heavy atom. The molecule has 3 rings (SSSR count). The van der Waals surface area contributed by atoms with Gasteiger partial charge in [0.25, 0.3) is 5.91 Å². The number of nitrogens with zero attached hydrogens (tertiary/aromatic N) is 4. The van der Waals surface area contributed by atoms with E-state index in [1.54, 1.807) is 15.9 Å². The summed E-state index contributed by atoms with van der Waals surface area (Å²) in [6, 6.07) is 9.90. The van der Waals surface area contributed by atoms with Crippen molar-refractivity contribution in [2.24, 2.45) is 0 Å². The van der Waals surface area contributed by atoms with Crippen LogP contribution in [0, 0.1) is 13.8 Å². The normalized spacial score (nSPS) is 14.2. The summed E-state index contributed by atoms with van der Waals surface area (Å²) in [5.41, 5.74) is 3.44. The minimum atomic E-state index is -0.125. The lowest BCUT2D eigenvalue weighted by atomic mass is 10.1. The quantitative estimate of drug-likeness (QED) is 0.827. The molecule has 1 aromatic carbocycles. The number of benzene rings is 1. The fourth-order valence-electron chi connectivity index (χ4n) is 2.95. The highest BCUT2D eigenvalue weighted by Crippen LogP contribution is 2.12. The lowest BCUT2D eigenvalue weighted by molar-refractivity contribution is -0.119. The van der Waals surface area contributed by atoms with E-state index < -0.39 is 0 Å². The molecule has 0 saturated carbocycles. The van der Waals surface area contributed by atoms with Crippen molar-refractivity contribution in [2.45, 2.75) is 20.4 Å². The highest BCUT2D eigenvalue weighted by Gasteiger charge is 2.23. The fraction of sp³-hybridized carbons (Fsp3) is 0.368. The molecule has 0 unspecified atom stereocenters. The van der Waals surface area contributed by atoms with Crippen molar-refractivity contribution >= 4 is 18.3 Å². The average molecular weight is 353 g/mol. The van der Waals surface area contributed by atoms with E-state index in [1.807, 2.05) is 32.0 Å². The Labute approximate surface area is 153 Å². The predicted octanol–water partition coefficient (Wildman–Crippen LogP) is 1.62. The Morgan fingerprint density at radius 2 is 1.92 bits per heavy atom. The summed E-state index contributed by atoms with van der Waals surface area (Å²) < 4.78 is 0. The Hall–Kier alpha value is -2.96.